The molecule has 3 heterocycles. The van der Waals surface area contributed by atoms with E-state index in [4.69, 9.17) is 0 Å². The first kappa shape index (κ1) is 15.2. The maximum atomic E-state index is 12.9. The normalized spacial score (nSPS) is 29.5. The molecule has 2 aliphatic rings. The van der Waals surface area contributed by atoms with E-state index < -0.39 is 6.10 Å². The summed E-state index contributed by atoms with van der Waals surface area (Å²) in [6, 6.07) is 1.49. The molecule has 2 saturated heterocycles. The van der Waals surface area contributed by atoms with Crippen LogP contribution in [0.15, 0.2) is 18.6 Å². The van der Waals surface area contributed by atoms with E-state index in [9.17, 15) is 9.90 Å². The van der Waals surface area contributed by atoms with Crippen molar-refractivity contribution in [3.05, 3.63) is 18.6 Å². The second-order valence-electron chi connectivity index (χ2n) is 6.49. The standard InChI is InChI=1S/C16H24N4O2/c1-12-3-2-7-19(8-5-12)16(22)14-9-13(21)10-20(14)15-4-6-17-11-18-15/h4,6,11-14,21H,2-3,5,7-10H2,1H3/t12-,13-,14-/m1/s1. The highest BCUT2D eigenvalue weighted by atomic mass is 16.3. The van der Waals surface area contributed by atoms with Gasteiger partial charge in [-0.3, -0.25) is 4.79 Å². The Balaban J connectivity index is 1.75. The Morgan fingerprint density at radius 3 is 3.00 bits per heavy atom. The molecule has 3 rings (SSSR count). The van der Waals surface area contributed by atoms with Gasteiger partial charge in [-0.15, -0.1) is 0 Å². The number of aliphatic hydroxyl groups excluding tert-OH is 1. The van der Waals surface area contributed by atoms with Crippen molar-refractivity contribution >= 4 is 11.7 Å². The molecule has 2 fully saturated rings. The fourth-order valence-electron chi connectivity index (χ4n) is 3.45. The average Bonchev–Trinajstić information content (AvgIpc) is 2.79. The monoisotopic (exact) mass is 304 g/mol. The lowest BCUT2D eigenvalue weighted by molar-refractivity contribution is -0.132. The lowest BCUT2D eigenvalue weighted by atomic mass is 10.0. The van der Waals surface area contributed by atoms with Crippen molar-refractivity contribution in [3.8, 4) is 0 Å². The molecular weight excluding hydrogens is 280 g/mol. The van der Waals surface area contributed by atoms with Crippen LogP contribution < -0.4 is 4.90 Å². The van der Waals surface area contributed by atoms with Crippen molar-refractivity contribution in [2.75, 3.05) is 24.5 Å². The summed E-state index contributed by atoms with van der Waals surface area (Å²) in [4.78, 5) is 25.0. The molecule has 0 spiro atoms. The number of β-amino-alcohol motifs (C(OH)–C–C–N with tert-alkyl or cyclic N) is 1. The van der Waals surface area contributed by atoms with Crippen LogP contribution in [0.3, 0.4) is 0 Å². The van der Waals surface area contributed by atoms with E-state index in [0.717, 1.165) is 25.9 Å². The molecule has 0 unspecified atom stereocenters. The number of hydrogen-bond acceptors (Lipinski definition) is 5. The Hall–Kier alpha value is -1.69. The van der Waals surface area contributed by atoms with Crippen LogP contribution in [0.4, 0.5) is 5.82 Å². The predicted octanol–water partition coefficient (Wildman–Crippen LogP) is 1.06. The molecule has 3 atom stereocenters. The molecule has 1 amide bonds. The predicted molar refractivity (Wildman–Crippen MR) is 83.4 cm³/mol. The first-order valence-corrected chi connectivity index (χ1v) is 8.14. The van der Waals surface area contributed by atoms with Gasteiger partial charge in [-0.25, -0.2) is 9.97 Å². The first-order chi connectivity index (χ1) is 10.6. The summed E-state index contributed by atoms with van der Waals surface area (Å²) in [7, 11) is 0. The number of likely N-dealkylation sites (tertiary alicyclic amines) is 1. The van der Waals surface area contributed by atoms with Gasteiger partial charge in [0, 0.05) is 32.3 Å². The second kappa shape index (κ2) is 6.60. The summed E-state index contributed by atoms with van der Waals surface area (Å²) >= 11 is 0. The largest absolute Gasteiger partial charge is 0.391 e. The Morgan fingerprint density at radius 1 is 1.36 bits per heavy atom. The van der Waals surface area contributed by atoms with Crippen molar-refractivity contribution in [2.45, 2.75) is 44.8 Å². The number of rotatable bonds is 2. The maximum absolute atomic E-state index is 12.9. The van der Waals surface area contributed by atoms with Gasteiger partial charge in [0.2, 0.25) is 5.91 Å². The molecule has 120 valence electrons. The van der Waals surface area contributed by atoms with Crippen molar-refractivity contribution in [3.63, 3.8) is 0 Å². The summed E-state index contributed by atoms with van der Waals surface area (Å²) in [5.74, 6) is 1.53. The van der Waals surface area contributed by atoms with Gasteiger partial charge >= 0.3 is 0 Å². The molecular formula is C16H24N4O2. The molecule has 6 nitrogen and oxygen atoms in total. The number of carbonyl (C=O) groups is 1. The number of aromatic nitrogens is 2. The second-order valence-corrected chi connectivity index (χ2v) is 6.49. The van der Waals surface area contributed by atoms with Crippen molar-refractivity contribution in [2.24, 2.45) is 5.92 Å². The van der Waals surface area contributed by atoms with E-state index in [1.165, 1.54) is 12.7 Å². The first-order valence-electron chi connectivity index (χ1n) is 8.14. The van der Waals surface area contributed by atoms with Crippen LogP contribution in [-0.4, -0.2) is 57.7 Å². The summed E-state index contributed by atoms with van der Waals surface area (Å²) in [5, 5.41) is 10.0. The third kappa shape index (κ3) is 3.21. The van der Waals surface area contributed by atoms with Crippen LogP contribution in [0, 0.1) is 5.92 Å². The highest BCUT2D eigenvalue weighted by Crippen LogP contribution is 2.26. The third-order valence-electron chi connectivity index (χ3n) is 4.75. The minimum atomic E-state index is -0.477. The van der Waals surface area contributed by atoms with Gasteiger partial charge in [0.15, 0.2) is 0 Å². The van der Waals surface area contributed by atoms with E-state index in [2.05, 4.69) is 16.9 Å². The van der Waals surface area contributed by atoms with E-state index in [1.54, 1.807) is 12.3 Å². The number of carbonyl (C=O) groups excluding carboxylic acids is 1. The number of anilines is 1. The number of nitrogens with zero attached hydrogens (tertiary/aromatic N) is 4. The Morgan fingerprint density at radius 2 is 2.23 bits per heavy atom. The molecule has 1 aromatic rings. The van der Waals surface area contributed by atoms with Gasteiger partial charge in [-0.1, -0.05) is 6.92 Å². The molecule has 1 aromatic heterocycles. The van der Waals surface area contributed by atoms with Crippen LogP contribution in [0.5, 0.6) is 0 Å². The molecule has 6 heteroatoms. The molecule has 0 aliphatic carbocycles. The molecule has 1 N–H and O–H groups in total. The SMILES string of the molecule is C[C@@H]1CCCN(C(=O)[C@H]2C[C@@H](O)CN2c2ccncn2)CC1. The quantitative estimate of drug-likeness (QED) is 0.885. The van der Waals surface area contributed by atoms with Crippen LogP contribution >= 0.6 is 0 Å². The molecule has 0 radical (unpaired) electrons. The zero-order chi connectivity index (χ0) is 15.5. The molecule has 2 aliphatic heterocycles. The zero-order valence-corrected chi connectivity index (χ0v) is 13.1. The highest BCUT2D eigenvalue weighted by molar-refractivity contribution is 5.85. The van der Waals surface area contributed by atoms with Crippen LogP contribution in [0.1, 0.15) is 32.6 Å². The smallest absolute Gasteiger partial charge is 0.245 e. The average molecular weight is 304 g/mol. The van der Waals surface area contributed by atoms with Gasteiger partial charge in [0.25, 0.3) is 0 Å². The fourth-order valence-corrected chi connectivity index (χ4v) is 3.45. The number of amides is 1. The summed E-state index contributed by atoms with van der Waals surface area (Å²) in [6.45, 7) is 4.36. The lowest BCUT2D eigenvalue weighted by Gasteiger charge is -2.30. The Labute approximate surface area is 131 Å². The molecule has 0 bridgehead atoms. The molecule has 0 saturated carbocycles. The Kier molecular flexibility index (Phi) is 4.57. The topological polar surface area (TPSA) is 69.6 Å². The molecule has 0 aromatic carbocycles. The summed E-state index contributed by atoms with van der Waals surface area (Å²) in [6.07, 6.45) is 6.47. The number of hydrogen-bond donors (Lipinski definition) is 1. The van der Waals surface area contributed by atoms with Crippen LogP contribution in [-0.2, 0) is 4.79 Å². The summed E-state index contributed by atoms with van der Waals surface area (Å²) in [5.41, 5.74) is 0. The fraction of sp³-hybridized carbons (Fsp3) is 0.688. The minimum absolute atomic E-state index is 0.129. The lowest BCUT2D eigenvalue weighted by Crippen LogP contribution is -2.46. The van der Waals surface area contributed by atoms with Gasteiger partial charge in [0.05, 0.1) is 6.10 Å². The van der Waals surface area contributed by atoms with Crippen LogP contribution in [0.2, 0.25) is 0 Å². The summed E-state index contributed by atoms with van der Waals surface area (Å²) < 4.78 is 0. The number of aliphatic hydroxyl groups is 1. The van der Waals surface area contributed by atoms with Gasteiger partial charge in [-0.2, -0.15) is 0 Å². The van der Waals surface area contributed by atoms with Gasteiger partial charge < -0.3 is 14.9 Å². The van der Waals surface area contributed by atoms with E-state index in [0.29, 0.717) is 24.7 Å². The van der Waals surface area contributed by atoms with Crippen molar-refractivity contribution in [1.29, 1.82) is 0 Å². The van der Waals surface area contributed by atoms with Crippen molar-refractivity contribution < 1.29 is 9.90 Å². The zero-order valence-electron chi connectivity index (χ0n) is 13.1. The van der Waals surface area contributed by atoms with Crippen molar-refractivity contribution in [1.82, 2.24) is 14.9 Å². The Bertz CT molecular complexity index is 510. The third-order valence-corrected chi connectivity index (χ3v) is 4.75. The highest BCUT2D eigenvalue weighted by Gasteiger charge is 2.39. The molecule has 22 heavy (non-hydrogen) atoms. The van der Waals surface area contributed by atoms with Gasteiger partial charge in [-0.05, 0) is 31.2 Å². The van der Waals surface area contributed by atoms with E-state index >= 15 is 0 Å². The van der Waals surface area contributed by atoms with Gasteiger partial charge in [0.1, 0.15) is 18.2 Å². The van der Waals surface area contributed by atoms with E-state index in [-0.39, 0.29) is 11.9 Å². The maximum Gasteiger partial charge on any atom is 0.245 e. The van der Waals surface area contributed by atoms with Crippen LogP contribution in [0.25, 0.3) is 0 Å². The minimum Gasteiger partial charge on any atom is -0.391 e. The van der Waals surface area contributed by atoms with E-state index in [1.807, 2.05) is 9.80 Å².